The SMILES string of the molecule is CC(C)NC(=O)CN1CCC(C(O)c2ccccc2)CC1. The first-order chi connectivity index (χ1) is 10.1. The molecule has 4 heteroatoms. The van der Waals surface area contributed by atoms with Gasteiger partial charge in [-0.1, -0.05) is 30.3 Å². The van der Waals surface area contributed by atoms with Crippen molar-refractivity contribution in [1.29, 1.82) is 0 Å². The number of aliphatic hydroxyl groups excluding tert-OH is 1. The standard InChI is InChI=1S/C17H26N2O2/c1-13(2)18-16(20)12-19-10-8-15(9-11-19)17(21)14-6-4-3-5-7-14/h3-7,13,15,17,21H,8-12H2,1-2H3,(H,18,20). The highest BCUT2D eigenvalue weighted by Crippen LogP contribution is 2.30. The van der Waals surface area contributed by atoms with Gasteiger partial charge in [0.2, 0.25) is 5.91 Å². The first-order valence-electron chi connectivity index (χ1n) is 7.81. The second-order valence-electron chi connectivity index (χ2n) is 6.19. The number of hydrogen-bond donors (Lipinski definition) is 2. The fourth-order valence-electron chi connectivity index (χ4n) is 2.92. The molecule has 0 spiro atoms. The summed E-state index contributed by atoms with van der Waals surface area (Å²) in [5.41, 5.74) is 0.994. The molecule has 1 aromatic carbocycles. The zero-order valence-electron chi connectivity index (χ0n) is 13.0. The fourth-order valence-corrected chi connectivity index (χ4v) is 2.92. The fraction of sp³-hybridized carbons (Fsp3) is 0.588. The zero-order valence-corrected chi connectivity index (χ0v) is 13.0. The van der Waals surface area contributed by atoms with E-state index in [2.05, 4.69) is 10.2 Å². The van der Waals surface area contributed by atoms with E-state index in [9.17, 15) is 9.90 Å². The van der Waals surface area contributed by atoms with E-state index in [1.54, 1.807) is 0 Å². The number of hydrogen-bond acceptors (Lipinski definition) is 3. The van der Waals surface area contributed by atoms with Crippen LogP contribution in [0.2, 0.25) is 0 Å². The Morgan fingerprint density at radius 1 is 1.29 bits per heavy atom. The highest BCUT2D eigenvalue weighted by atomic mass is 16.3. The number of carbonyl (C=O) groups is 1. The van der Waals surface area contributed by atoms with Gasteiger partial charge in [-0.2, -0.15) is 0 Å². The molecule has 2 rings (SSSR count). The first kappa shape index (κ1) is 16.0. The predicted molar refractivity (Wildman–Crippen MR) is 83.8 cm³/mol. The maximum absolute atomic E-state index is 11.8. The Hall–Kier alpha value is -1.39. The Bertz CT molecular complexity index is 439. The van der Waals surface area contributed by atoms with Crippen LogP contribution < -0.4 is 5.32 Å². The van der Waals surface area contributed by atoms with Gasteiger partial charge in [0.1, 0.15) is 0 Å². The van der Waals surface area contributed by atoms with Crippen LogP contribution in [-0.2, 0) is 4.79 Å². The molecule has 2 N–H and O–H groups in total. The quantitative estimate of drug-likeness (QED) is 0.871. The lowest BCUT2D eigenvalue weighted by Gasteiger charge is -2.34. The maximum Gasteiger partial charge on any atom is 0.234 e. The molecule has 0 aromatic heterocycles. The summed E-state index contributed by atoms with van der Waals surface area (Å²) in [6.45, 7) is 6.16. The molecule has 21 heavy (non-hydrogen) atoms. The number of aliphatic hydroxyl groups is 1. The molecule has 1 aliphatic heterocycles. The van der Waals surface area contributed by atoms with Crippen molar-refractivity contribution in [2.45, 2.75) is 38.8 Å². The van der Waals surface area contributed by atoms with E-state index in [-0.39, 0.29) is 17.9 Å². The van der Waals surface area contributed by atoms with E-state index in [0.29, 0.717) is 6.54 Å². The van der Waals surface area contributed by atoms with Crippen LogP contribution in [0.15, 0.2) is 30.3 Å². The van der Waals surface area contributed by atoms with Crippen molar-refractivity contribution < 1.29 is 9.90 Å². The molecule has 1 heterocycles. The lowest BCUT2D eigenvalue weighted by molar-refractivity contribution is -0.123. The van der Waals surface area contributed by atoms with Crippen LogP contribution in [0.5, 0.6) is 0 Å². The van der Waals surface area contributed by atoms with Gasteiger partial charge in [0.25, 0.3) is 0 Å². The van der Waals surface area contributed by atoms with E-state index >= 15 is 0 Å². The zero-order chi connectivity index (χ0) is 15.2. The molecular weight excluding hydrogens is 264 g/mol. The van der Waals surface area contributed by atoms with Gasteiger partial charge in [0.05, 0.1) is 12.6 Å². The summed E-state index contributed by atoms with van der Waals surface area (Å²) in [4.78, 5) is 13.9. The smallest absolute Gasteiger partial charge is 0.234 e. The molecule has 0 radical (unpaired) electrons. The minimum Gasteiger partial charge on any atom is -0.388 e. The van der Waals surface area contributed by atoms with Gasteiger partial charge in [-0.15, -0.1) is 0 Å². The molecule has 1 unspecified atom stereocenters. The number of likely N-dealkylation sites (tertiary alicyclic amines) is 1. The monoisotopic (exact) mass is 290 g/mol. The molecule has 1 atom stereocenters. The predicted octanol–water partition coefficient (Wildman–Crippen LogP) is 1.96. The third-order valence-electron chi connectivity index (χ3n) is 4.04. The van der Waals surface area contributed by atoms with Crippen molar-refractivity contribution in [3.63, 3.8) is 0 Å². The molecule has 1 aromatic rings. The van der Waals surface area contributed by atoms with Gasteiger partial charge in [0, 0.05) is 6.04 Å². The Morgan fingerprint density at radius 3 is 2.48 bits per heavy atom. The molecular formula is C17H26N2O2. The molecule has 1 aliphatic rings. The van der Waals surface area contributed by atoms with Gasteiger partial charge >= 0.3 is 0 Å². The van der Waals surface area contributed by atoms with Crippen molar-refractivity contribution >= 4 is 5.91 Å². The summed E-state index contributed by atoms with van der Waals surface area (Å²) in [6.07, 6.45) is 1.48. The Morgan fingerprint density at radius 2 is 1.90 bits per heavy atom. The van der Waals surface area contributed by atoms with E-state index in [1.165, 1.54) is 0 Å². The highest BCUT2D eigenvalue weighted by molar-refractivity contribution is 5.78. The topological polar surface area (TPSA) is 52.6 Å². The van der Waals surface area contributed by atoms with E-state index in [1.807, 2.05) is 44.2 Å². The van der Waals surface area contributed by atoms with E-state index in [4.69, 9.17) is 0 Å². The average Bonchev–Trinajstić information content (AvgIpc) is 2.47. The maximum atomic E-state index is 11.8. The van der Waals surface area contributed by atoms with Crippen LogP contribution in [0.25, 0.3) is 0 Å². The van der Waals surface area contributed by atoms with Crippen molar-refractivity contribution in [3.05, 3.63) is 35.9 Å². The van der Waals surface area contributed by atoms with E-state index in [0.717, 1.165) is 31.5 Å². The van der Waals surface area contributed by atoms with Crippen LogP contribution in [0.1, 0.15) is 38.4 Å². The van der Waals surface area contributed by atoms with Gasteiger partial charge in [-0.3, -0.25) is 9.69 Å². The highest BCUT2D eigenvalue weighted by Gasteiger charge is 2.26. The van der Waals surface area contributed by atoms with E-state index < -0.39 is 6.10 Å². The summed E-state index contributed by atoms with van der Waals surface area (Å²) < 4.78 is 0. The summed E-state index contributed by atoms with van der Waals surface area (Å²) in [5, 5.41) is 13.4. The number of piperidine rings is 1. The number of carbonyl (C=O) groups excluding carboxylic acids is 1. The summed E-state index contributed by atoms with van der Waals surface area (Å²) in [7, 11) is 0. The summed E-state index contributed by atoms with van der Waals surface area (Å²) in [6, 6.07) is 10.0. The average molecular weight is 290 g/mol. The Balaban J connectivity index is 1.79. The molecule has 4 nitrogen and oxygen atoms in total. The third-order valence-corrected chi connectivity index (χ3v) is 4.04. The van der Waals surface area contributed by atoms with Crippen molar-refractivity contribution in [3.8, 4) is 0 Å². The van der Waals surface area contributed by atoms with Gasteiger partial charge in [0.15, 0.2) is 0 Å². The van der Waals surface area contributed by atoms with Crippen LogP contribution in [-0.4, -0.2) is 41.6 Å². The third kappa shape index (κ3) is 4.83. The minimum atomic E-state index is -0.391. The molecule has 116 valence electrons. The summed E-state index contributed by atoms with van der Waals surface area (Å²) >= 11 is 0. The Kier molecular flexibility index (Phi) is 5.76. The van der Waals surface area contributed by atoms with Crippen molar-refractivity contribution in [2.75, 3.05) is 19.6 Å². The number of rotatable bonds is 5. The normalized spacial score (nSPS) is 18.7. The van der Waals surface area contributed by atoms with Gasteiger partial charge < -0.3 is 10.4 Å². The molecule has 0 bridgehead atoms. The van der Waals surface area contributed by atoms with Gasteiger partial charge in [-0.05, 0) is 51.3 Å². The first-order valence-corrected chi connectivity index (χ1v) is 7.81. The van der Waals surface area contributed by atoms with Crippen LogP contribution >= 0.6 is 0 Å². The molecule has 0 aliphatic carbocycles. The summed E-state index contributed by atoms with van der Waals surface area (Å²) in [5.74, 6) is 0.379. The Labute approximate surface area is 127 Å². The molecule has 1 amide bonds. The second kappa shape index (κ2) is 7.57. The minimum absolute atomic E-state index is 0.0899. The molecule has 1 fully saturated rings. The van der Waals surface area contributed by atoms with Crippen molar-refractivity contribution in [2.24, 2.45) is 5.92 Å². The lowest BCUT2D eigenvalue weighted by Crippen LogP contribution is -2.43. The second-order valence-corrected chi connectivity index (χ2v) is 6.19. The van der Waals surface area contributed by atoms with Crippen molar-refractivity contribution in [1.82, 2.24) is 10.2 Å². The molecule has 0 saturated carbocycles. The number of nitrogens with zero attached hydrogens (tertiary/aromatic N) is 1. The largest absolute Gasteiger partial charge is 0.388 e. The lowest BCUT2D eigenvalue weighted by atomic mass is 9.87. The number of amides is 1. The van der Waals surface area contributed by atoms with Crippen LogP contribution in [0.3, 0.4) is 0 Å². The van der Waals surface area contributed by atoms with Crippen LogP contribution in [0, 0.1) is 5.92 Å². The van der Waals surface area contributed by atoms with Crippen LogP contribution in [0.4, 0.5) is 0 Å². The van der Waals surface area contributed by atoms with Gasteiger partial charge in [-0.25, -0.2) is 0 Å². The molecule has 1 saturated heterocycles. The number of nitrogens with one attached hydrogen (secondary N) is 1. The number of benzene rings is 1.